The zero-order valence-corrected chi connectivity index (χ0v) is 7.85. The van der Waals surface area contributed by atoms with Gasteiger partial charge in [0, 0.05) is 0 Å². The van der Waals surface area contributed by atoms with Crippen molar-refractivity contribution >= 4 is 0 Å². The highest BCUT2D eigenvalue weighted by molar-refractivity contribution is 4.60. The van der Waals surface area contributed by atoms with E-state index in [1.807, 2.05) is 0 Å². The van der Waals surface area contributed by atoms with Crippen molar-refractivity contribution in [3.8, 4) is 0 Å². The summed E-state index contributed by atoms with van der Waals surface area (Å²) in [6.07, 6.45) is 1.93. The van der Waals surface area contributed by atoms with Crippen molar-refractivity contribution in [1.29, 1.82) is 0 Å². The third kappa shape index (κ3) is 3.89. The molecule has 62 valence electrons. The Balaban J connectivity index is 3.60. The van der Waals surface area contributed by atoms with Gasteiger partial charge in [-0.1, -0.05) is 20.8 Å². The van der Waals surface area contributed by atoms with Crippen LogP contribution in [0, 0.1) is 5.92 Å². The number of rotatable bonds is 4. The first-order valence-corrected chi connectivity index (χ1v) is 4.23. The molecule has 0 aromatic rings. The second kappa shape index (κ2) is 4.73. The van der Waals surface area contributed by atoms with Crippen LogP contribution in [0.25, 0.3) is 0 Å². The van der Waals surface area contributed by atoms with Crippen molar-refractivity contribution in [2.45, 2.75) is 53.2 Å². The summed E-state index contributed by atoms with van der Waals surface area (Å²) in [5, 5.41) is 0. The highest BCUT2D eigenvalue weighted by Crippen LogP contribution is 2.11. The molecule has 0 fully saturated rings. The predicted molar refractivity (Wildman–Crippen MR) is 45.1 cm³/mol. The van der Waals surface area contributed by atoms with Crippen molar-refractivity contribution in [1.82, 2.24) is 0 Å². The fourth-order valence-corrected chi connectivity index (χ4v) is 1.07. The molecule has 0 amide bonds. The smallest absolute Gasteiger partial charge is 0.0598 e. The zero-order valence-electron chi connectivity index (χ0n) is 7.85. The molecule has 1 heteroatoms. The minimum atomic E-state index is 0.368. The summed E-state index contributed by atoms with van der Waals surface area (Å²) in [7, 11) is 0. The second-order valence-electron chi connectivity index (χ2n) is 3.38. The molecule has 0 aliphatic carbocycles. The maximum absolute atomic E-state index is 5.66. The molecule has 0 saturated heterocycles. The van der Waals surface area contributed by atoms with E-state index in [-0.39, 0.29) is 0 Å². The summed E-state index contributed by atoms with van der Waals surface area (Å²) in [4.78, 5) is 0. The Morgan fingerprint density at radius 2 is 1.60 bits per heavy atom. The number of hydrogen-bond donors (Lipinski definition) is 0. The van der Waals surface area contributed by atoms with E-state index in [0.29, 0.717) is 18.1 Å². The molecule has 0 N–H and O–H groups in total. The van der Waals surface area contributed by atoms with Crippen LogP contribution in [0.2, 0.25) is 0 Å². The summed E-state index contributed by atoms with van der Waals surface area (Å²) in [5.74, 6) is 0.646. The number of hydrogen-bond acceptors (Lipinski definition) is 1. The van der Waals surface area contributed by atoms with Gasteiger partial charge in [-0.05, 0) is 26.2 Å². The monoisotopic (exact) mass is 144 g/mol. The van der Waals surface area contributed by atoms with Crippen LogP contribution in [-0.2, 0) is 4.74 Å². The normalized spacial score (nSPS) is 14.7. The van der Waals surface area contributed by atoms with E-state index in [0.717, 1.165) is 6.42 Å². The molecule has 0 aliphatic rings. The predicted octanol–water partition coefficient (Wildman–Crippen LogP) is 2.85. The maximum atomic E-state index is 5.66. The summed E-state index contributed by atoms with van der Waals surface area (Å²) < 4.78 is 5.66. The minimum Gasteiger partial charge on any atom is -0.375 e. The lowest BCUT2D eigenvalue weighted by molar-refractivity contribution is -0.0197. The summed E-state index contributed by atoms with van der Waals surface area (Å²) in [5.41, 5.74) is 0. The SMILES string of the molecule is CC[C@H](OC(C)C)C(C)C. The summed E-state index contributed by atoms with van der Waals surface area (Å²) in [6.45, 7) is 10.8. The van der Waals surface area contributed by atoms with Crippen LogP contribution >= 0.6 is 0 Å². The summed E-state index contributed by atoms with van der Waals surface area (Å²) >= 11 is 0. The molecule has 0 saturated carbocycles. The van der Waals surface area contributed by atoms with Gasteiger partial charge in [0.25, 0.3) is 0 Å². The van der Waals surface area contributed by atoms with Crippen LogP contribution in [0.5, 0.6) is 0 Å². The van der Waals surface area contributed by atoms with Gasteiger partial charge in [0.1, 0.15) is 0 Å². The van der Waals surface area contributed by atoms with Crippen molar-refractivity contribution < 1.29 is 4.74 Å². The molecule has 1 nitrogen and oxygen atoms in total. The molecular weight excluding hydrogens is 124 g/mol. The Morgan fingerprint density at radius 3 is 1.70 bits per heavy atom. The van der Waals surface area contributed by atoms with E-state index in [4.69, 9.17) is 4.74 Å². The first kappa shape index (κ1) is 9.96. The fourth-order valence-electron chi connectivity index (χ4n) is 1.07. The largest absolute Gasteiger partial charge is 0.375 e. The van der Waals surface area contributed by atoms with E-state index in [1.165, 1.54) is 0 Å². The quantitative estimate of drug-likeness (QED) is 0.589. The highest BCUT2D eigenvalue weighted by Gasteiger charge is 2.11. The van der Waals surface area contributed by atoms with Gasteiger partial charge in [0.05, 0.1) is 12.2 Å². The molecule has 0 aliphatic heterocycles. The lowest BCUT2D eigenvalue weighted by atomic mass is 10.1. The van der Waals surface area contributed by atoms with Crippen LogP contribution in [-0.4, -0.2) is 12.2 Å². The van der Waals surface area contributed by atoms with Gasteiger partial charge < -0.3 is 4.74 Å². The topological polar surface area (TPSA) is 9.23 Å². The van der Waals surface area contributed by atoms with Crippen LogP contribution in [0.4, 0.5) is 0 Å². The van der Waals surface area contributed by atoms with Gasteiger partial charge in [-0.25, -0.2) is 0 Å². The molecule has 10 heavy (non-hydrogen) atoms. The molecule has 0 rings (SSSR count). The van der Waals surface area contributed by atoms with Gasteiger partial charge in [-0.3, -0.25) is 0 Å². The second-order valence-corrected chi connectivity index (χ2v) is 3.38. The van der Waals surface area contributed by atoms with Gasteiger partial charge in [0.15, 0.2) is 0 Å². The average Bonchev–Trinajstić information content (AvgIpc) is 1.81. The number of ether oxygens (including phenoxy) is 1. The molecule has 0 aromatic carbocycles. The fraction of sp³-hybridized carbons (Fsp3) is 1.00. The molecule has 0 heterocycles. The van der Waals surface area contributed by atoms with Gasteiger partial charge in [-0.2, -0.15) is 0 Å². The van der Waals surface area contributed by atoms with Crippen LogP contribution < -0.4 is 0 Å². The Morgan fingerprint density at radius 1 is 1.10 bits per heavy atom. The van der Waals surface area contributed by atoms with Crippen molar-refractivity contribution in [3.05, 3.63) is 0 Å². The van der Waals surface area contributed by atoms with Crippen molar-refractivity contribution in [3.63, 3.8) is 0 Å². The molecule has 1 atom stereocenters. The Hall–Kier alpha value is -0.0400. The first-order valence-electron chi connectivity index (χ1n) is 4.23. The molecule has 0 aromatic heterocycles. The van der Waals surface area contributed by atoms with Crippen LogP contribution in [0.15, 0.2) is 0 Å². The van der Waals surface area contributed by atoms with E-state index >= 15 is 0 Å². The van der Waals surface area contributed by atoms with Crippen LogP contribution in [0.3, 0.4) is 0 Å². The standard InChI is InChI=1S/C9H20O/c1-6-9(7(2)3)10-8(4)5/h7-9H,6H2,1-5H3/t9-/m0/s1. The van der Waals surface area contributed by atoms with Crippen LogP contribution in [0.1, 0.15) is 41.0 Å². The third-order valence-corrected chi connectivity index (χ3v) is 1.59. The van der Waals surface area contributed by atoms with E-state index in [9.17, 15) is 0 Å². The average molecular weight is 144 g/mol. The van der Waals surface area contributed by atoms with Crippen molar-refractivity contribution in [2.75, 3.05) is 0 Å². The minimum absolute atomic E-state index is 0.368. The molecule has 0 radical (unpaired) electrons. The Labute approximate surface area is 64.8 Å². The van der Waals surface area contributed by atoms with E-state index in [1.54, 1.807) is 0 Å². The lowest BCUT2D eigenvalue weighted by Gasteiger charge is -2.22. The summed E-state index contributed by atoms with van der Waals surface area (Å²) in [6, 6.07) is 0. The van der Waals surface area contributed by atoms with Crippen molar-refractivity contribution in [2.24, 2.45) is 5.92 Å². The zero-order chi connectivity index (χ0) is 8.15. The molecule has 0 spiro atoms. The van der Waals surface area contributed by atoms with E-state index in [2.05, 4.69) is 34.6 Å². The maximum Gasteiger partial charge on any atom is 0.0598 e. The highest BCUT2D eigenvalue weighted by atomic mass is 16.5. The third-order valence-electron chi connectivity index (χ3n) is 1.59. The Kier molecular flexibility index (Phi) is 4.71. The molecule has 0 unspecified atom stereocenters. The molecule has 0 bridgehead atoms. The van der Waals surface area contributed by atoms with Gasteiger partial charge in [0.2, 0.25) is 0 Å². The first-order chi connectivity index (χ1) is 4.57. The lowest BCUT2D eigenvalue weighted by Crippen LogP contribution is -2.22. The van der Waals surface area contributed by atoms with Gasteiger partial charge in [-0.15, -0.1) is 0 Å². The van der Waals surface area contributed by atoms with E-state index < -0.39 is 0 Å². The Bertz CT molecular complexity index is 76.8. The molecular formula is C9H20O. The van der Waals surface area contributed by atoms with Gasteiger partial charge >= 0.3 is 0 Å².